The number of hydrogen-bond acceptors (Lipinski definition) is 5. The van der Waals surface area contributed by atoms with E-state index in [0.717, 1.165) is 5.56 Å². The number of methoxy groups -OCH3 is 1. The number of carboxylic acids is 1. The van der Waals surface area contributed by atoms with Gasteiger partial charge in [0.05, 0.1) is 23.3 Å². The second-order valence-corrected chi connectivity index (χ2v) is 6.44. The van der Waals surface area contributed by atoms with Gasteiger partial charge in [0.25, 0.3) is 5.91 Å². The van der Waals surface area contributed by atoms with E-state index in [9.17, 15) is 14.7 Å². The van der Waals surface area contributed by atoms with Crippen LogP contribution in [0.2, 0.25) is 0 Å². The summed E-state index contributed by atoms with van der Waals surface area (Å²) in [6, 6.07) is 13.8. The van der Waals surface area contributed by atoms with Crippen molar-refractivity contribution in [2.45, 2.75) is 0 Å². The van der Waals surface area contributed by atoms with E-state index in [1.165, 1.54) is 22.7 Å². The molecule has 0 unspecified atom stereocenters. The van der Waals surface area contributed by atoms with Crippen LogP contribution < -0.4 is 4.74 Å². The van der Waals surface area contributed by atoms with Gasteiger partial charge in [-0.2, -0.15) is 0 Å². The Morgan fingerprint density at radius 1 is 1.19 bits per heavy atom. The first-order valence-electron chi connectivity index (χ1n) is 7.73. The molecule has 0 spiro atoms. The molecule has 7 heteroatoms. The van der Waals surface area contributed by atoms with E-state index in [0.29, 0.717) is 21.5 Å². The highest BCUT2D eigenvalue weighted by atomic mass is 32.2. The summed E-state index contributed by atoms with van der Waals surface area (Å²) in [4.78, 5) is 30.1. The number of aromatic carboxylic acids is 1. The van der Waals surface area contributed by atoms with Crippen LogP contribution in [-0.4, -0.2) is 41.2 Å². The van der Waals surface area contributed by atoms with E-state index in [2.05, 4.69) is 4.99 Å². The van der Waals surface area contributed by atoms with Crippen molar-refractivity contribution in [3.63, 3.8) is 0 Å². The highest BCUT2D eigenvalue weighted by Crippen LogP contribution is 2.35. The summed E-state index contributed by atoms with van der Waals surface area (Å²) in [5.74, 6) is -0.600. The van der Waals surface area contributed by atoms with Gasteiger partial charge >= 0.3 is 5.97 Å². The average Bonchev–Trinajstić information content (AvgIpc) is 2.90. The molecule has 1 saturated heterocycles. The van der Waals surface area contributed by atoms with E-state index < -0.39 is 5.97 Å². The molecule has 0 bridgehead atoms. The predicted molar refractivity (Wildman–Crippen MR) is 102 cm³/mol. The lowest BCUT2D eigenvalue weighted by molar-refractivity contribution is -0.121. The van der Waals surface area contributed by atoms with Crippen LogP contribution in [0, 0.1) is 0 Å². The number of carbonyl (C=O) groups excluding carboxylic acids is 1. The van der Waals surface area contributed by atoms with E-state index in [1.54, 1.807) is 38.4 Å². The lowest BCUT2D eigenvalue weighted by Gasteiger charge is -2.08. The molecular weight excluding hydrogens is 352 g/mol. The Hall–Kier alpha value is -3.06. The minimum Gasteiger partial charge on any atom is -0.496 e. The first kappa shape index (κ1) is 17.8. The zero-order valence-electron chi connectivity index (χ0n) is 14.2. The summed E-state index contributed by atoms with van der Waals surface area (Å²) in [6.45, 7) is 0. The van der Waals surface area contributed by atoms with Crippen LogP contribution in [0.3, 0.4) is 0 Å². The van der Waals surface area contributed by atoms with Crippen LogP contribution in [-0.2, 0) is 4.79 Å². The second kappa shape index (κ2) is 7.45. The van der Waals surface area contributed by atoms with Gasteiger partial charge in [0.15, 0.2) is 5.17 Å². The number of thioether (sulfide) groups is 1. The third-order valence-electron chi connectivity index (χ3n) is 3.78. The van der Waals surface area contributed by atoms with E-state index in [-0.39, 0.29) is 11.5 Å². The molecule has 0 saturated carbocycles. The standard InChI is InChI=1S/C19H16N2O4S/c1-21-17(22)16(11-12-7-3-6-10-15(12)25-2)26-19(21)20-14-9-5-4-8-13(14)18(23)24/h3-11H,1-2H3,(H,23,24)/b16-11-,20-19?. The minimum atomic E-state index is -1.06. The Balaban J connectivity index is 1.97. The SMILES string of the molecule is COc1ccccc1/C=C1\SC(=Nc2ccccc2C(=O)O)N(C)C1=O. The summed E-state index contributed by atoms with van der Waals surface area (Å²) >= 11 is 1.20. The largest absolute Gasteiger partial charge is 0.496 e. The molecule has 3 rings (SSSR count). The zero-order valence-corrected chi connectivity index (χ0v) is 15.0. The average molecular weight is 368 g/mol. The summed E-state index contributed by atoms with van der Waals surface area (Å²) in [7, 11) is 3.18. The molecule has 0 atom stereocenters. The number of hydrogen-bond donors (Lipinski definition) is 1. The molecule has 6 nitrogen and oxygen atoms in total. The van der Waals surface area contributed by atoms with Gasteiger partial charge in [0.1, 0.15) is 5.75 Å². The molecule has 2 aromatic rings. The highest BCUT2D eigenvalue weighted by Gasteiger charge is 2.31. The molecule has 1 heterocycles. The fourth-order valence-corrected chi connectivity index (χ4v) is 3.40. The molecule has 0 aliphatic carbocycles. The van der Waals surface area contributed by atoms with Gasteiger partial charge in [-0.05, 0) is 36.0 Å². The van der Waals surface area contributed by atoms with Crippen LogP contribution in [0.25, 0.3) is 6.08 Å². The molecule has 2 aromatic carbocycles. The maximum atomic E-state index is 12.5. The van der Waals surface area contributed by atoms with Crippen LogP contribution in [0.5, 0.6) is 5.75 Å². The van der Waals surface area contributed by atoms with E-state index >= 15 is 0 Å². The van der Waals surface area contributed by atoms with Crippen LogP contribution in [0.1, 0.15) is 15.9 Å². The van der Waals surface area contributed by atoms with Gasteiger partial charge < -0.3 is 9.84 Å². The summed E-state index contributed by atoms with van der Waals surface area (Å²) < 4.78 is 5.31. The van der Waals surface area contributed by atoms with Gasteiger partial charge in [0.2, 0.25) is 0 Å². The van der Waals surface area contributed by atoms with Crippen molar-refractivity contribution in [1.82, 2.24) is 4.90 Å². The molecular formula is C19H16N2O4S. The molecule has 1 aliphatic rings. The van der Waals surface area contributed by atoms with Crippen LogP contribution in [0.15, 0.2) is 58.4 Å². The Bertz CT molecular complexity index is 937. The van der Waals surface area contributed by atoms with Gasteiger partial charge in [-0.25, -0.2) is 9.79 Å². The first-order chi connectivity index (χ1) is 12.5. The van der Waals surface area contributed by atoms with E-state index in [1.807, 2.05) is 24.3 Å². The number of carbonyl (C=O) groups is 2. The summed E-state index contributed by atoms with van der Waals surface area (Å²) in [5.41, 5.74) is 1.18. The molecule has 26 heavy (non-hydrogen) atoms. The van der Waals surface area contributed by atoms with Crippen molar-refractivity contribution in [2.24, 2.45) is 4.99 Å². The van der Waals surface area contributed by atoms with Gasteiger partial charge in [0, 0.05) is 12.6 Å². The monoisotopic (exact) mass is 368 g/mol. The summed E-state index contributed by atoms with van der Waals surface area (Å²) in [6.07, 6.45) is 1.74. The van der Waals surface area contributed by atoms with Gasteiger partial charge in [-0.15, -0.1) is 0 Å². The van der Waals surface area contributed by atoms with Gasteiger partial charge in [-0.3, -0.25) is 9.69 Å². The van der Waals surface area contributed by atoms with Crippen molar-refractivity contribution >= 4 is 40.6 Å². The third-order valence-corrected chi connectivity index (χ3v) is 4.84. The van der Waals surface area contributed by atoms with Crippen molar-refractivity contribution in [2.75, 3.05) is 14.2 Å². The molecule has 1 amide bonds. The lowest BCUT2D eigenvalue weighted by Crippen LogP contribution is -2.23. The predicted octanol–water partition coefficient (Wildman–Crippen LogP) is 3.63. The summed E-state index contributed by atoms with van der Waals surface area (Å²) in [5, 5.41) is 9.70. The first-order valence-corrected chi connectivity index (χ1v) is 8.54. The molecule has 0 aromatic heterocycles. The fraction of sp³-hybridized carbons (Fsp3) is 0.105. The van der Waals surface area contributed by atoms with Crippen molar-refractivity contribution in [1.29, 1.82) is 0 Å². The number of carboxylic acid groups (broad SMARTS) is 1. The highest BCUT2D eigenvalue weighted by molar-refractivity contribution is 8.18. The Labute approximate surface area is 154 Å². The number of amides is 1. The number of rotatable bonds is 4. The van der Waals surface area contributed by atoms with Crippen LogP contribution >= 0.6 is 11.8 Å². The smallest absolute Gasteiger partial charge is 0.337 e. The topological polar surface area (TPSA) is 79.2 Å². The number of amidine groups is 1. The third kappa shape index (κ3) is 3.48. The molecule has 1 fully saturated rings. The molecule has 1 N–H and O–H groups in total. The lowest BCUT2D eigenvalue weighted by atomic mass is 10.2. The zero-order chi connectivity index (χ0) is 18.7. The van der Waals surface area contributed by atoms with Crippen LogP contribution in [0.4, 0.5) is 5.69 Å². The maximum Gasteiger partial charge on any atom is 0.337 e. The second-order valence-electron chi connectivity index (χ2n) is 5.43. The minimum absolute atomic E-state index is 0.0867. The maximum absolute atomic E-state index is 12.5. The quantitative estimate of drug-likeness (QED) is 0.834. The number of likely N-dealkylation sites (N-methyl/N-ethyl adjacent to an activating group) is 1. The number of para-hydroxylation sites is 2. The Morgan fingerprint density at radius 3 is 2.62 bits per heavy atom. The number of aliphatic imine (C=N–C) groups is 1. The molecule has 0 radical (unpaired) electrons. The molecule has 1 aliphatic heterocycles. The van der Waals surface area contributed by atoms with Crippen molar-refractivity contribution in [3.05, 3.63) is 64.6 Å². The fourth-order valence-electron chi connectivity index (χ4n) is 2.43. The number of ether oxygens (including phenoxy) is 1. The van der Waals surface area contributed by atoms with Gasteiger partial charge in [-0.1, -0.05) is 30.3 Å². The van der Waals surface area contributed by atoms with E-state index in [4.69, 9.17) is 4.74 Å². The Kier molecular flexibility index (Phi) is 5.09. The number of benzene rings is 2. The molecule has 132 valence electrons. The van der Waals surface area contributed by atoms with Crippen molar-refractivity contribution < 1.29 is 19.4 Å². The number of nitrogens with zero attached hydrogens (tertiary/aromatic N) is 2. The van der Waals surface area contributed by atoms with Crippen molar-refractivity contribution in [3.8, 4) is 5.75 Å². The normalized spacial score (nSPS) is 17.2. The Morgan fingerprint density at radius 2 is 1.88 bits per heavy atom.